The number of benzene rings is 3. The number of anilines is 1. The molecule has 4 aromatic rings. The van der Waals surface area contributed by atoms with E-state index < -0.39 is 6.10 Å². The fourth-order valence-corrected chi connectivity index (χ4v) is 4.11. The summed E-state index contributed by atoms with van der Waals surface area (Å²) in [6, 6.07) is 17.0. The highest BCUT2D eigenvalue weighted by Crippen LogP contribution is 2.30. The molecule has 31 heavy (non-hydrogen) atoms. The molecule has 4 nitrogen and oxygen atoms in total. The van der Waals surface area contributed by atoms with Crippen molar-refractivity contribution in [1.29, 1.82) is 0 Å². The average Bonchev–Trinajstić information content (AvgIpc) is 3.05. The van der Waals surface area contributed by atoms with E-state index in [0.29, 0.717) is 10.8 Å². The molecule has 0 aliphatic heterocycles. The molecule has 0 fully saturated rings. The van der Waals surface area contributed by atoms with E-state index in [1.165, 1.54) is 29.8 Å². The number of nitrogens with zero attached hydrogens (tertiary/aromatic N) is 2. The molecule has 1 unspecified atom stereocenters. The molecule has 162 valence electrons. The lowest BCUT2D eigenvalue weighted by atomic mass is 10.1. The smallest absolute Gasteiger partial charge is 0.123 e. The standard InChI is InChI=1S/C25H26F2N2O2/c1-3-4-17-5-9-20(10-6-17)29(31-2)16-21(30)15-28-24-11-7-18(26)13-22(24)23-14-19(27)8-12-25(23)28/h5-14,21,30H,3-4,15-16H2,1-2H3. The van der Waals surface area contributed by atoms with Crippen LogP contribution in [0.1, 0.15) is 18.9 Å². The van der Waals surface area contributed by atoms with E-state index in [0.717, 1.165) is 29.6 Å². The van der Waals surface area contributed by atoms with E-state index in [-0.39, 0.29) is 24.7 Å². The SMILES string of the molecule is CCCc1ccc(N(CC(O)Cn2c3ccc(F)cc3c3cc(F)ccc32)OC)cc1. The third kappa shape index (κ3) is 4.40. The Kier molecular flexibility index (Phi) is 6.20. The maximum atomic E-state index is 13.8. The molecule has 0 radical (unpaired) electrons. The topological polar surface area (TPSA) is 37.6 Å². The van der Waals surface area contributed by atoms with Crippen molar-refractivity contribution in [2.45, 2.75) is 32.4 Å². The molecule has 1 heterocycles. The van der Waals surface area contributed by atoms with Crippen LogP contribution in [0.2, 0.25) is 0 Å². The molecular formula is C25H26F2N2O2. The first-order chi connectivity index (χ1) is 15.0. The largest absolute Gasteiger partial charge is 0.389 e. The van der Waals surface area contributed by atoms with Crippen molar-refractivity contribution >= 4 is 27.5 Å². The van der Waals surface area contributed by atoms with E-state index in [2.05, 4.69) is 19.1 Å². The summed E-state index contributed by atoms with van der Waals surface area (Å²) < 4.78 is 29.6. The van der Waals surface area contributed by atoms with Crippen molar-refractivity contribution in [3.05, 3.63) is 77.9 Å². The van der Waals surface area contributed by atoms with Gasteiger partial charge in [0, 0.05) is 21.8 Å². The highest BCUT2D eigenvalue weighted by atomic mass is 19.1. The molecule has 0 saturated heterocycles. The van der Waals surface area contributed by atoms with Crippen LogP contribution >= 0.6 is 0 Å². The van der Waals surface area contributed by atoms with Crippen LogP contribution in [0.5, 0.6) is 0 Å². The lowest BCUT2D eigenvalue weighted by molar-refractivity contribution is 0.0981. The number of aryl methyl sites for hydroxylation is 1. The number of aliphatic hydroxyl groups is 1. The van der Waals surface area contributed by atoms with Gasteiger partial charge in [0.15, 0.2) is 0 Å². The molecular weight excluding hydrogens is 398 g/mol. The fourth-order valence-electron chi connectivity index (χ4n) is 4.11. The molecule has 4 rings (SSSR count). The van der Waals surface area contributed by atoms with Gasteiger partial charge in [-0.05, 0) is 60.5 Å². The number of halogens is 2. The van der Waals surface area contributed by atoms with Crippen LogP contribution < -0.4 is 5.06 Å². The molecule has 0 saturated carbocycles. The van der Waals surface area contributed by atoms with Crippen molar-refractivity contribution in [1.82, 2.24) is 4.57 Å². The first kappa shape index (κ1) is 21.3. The predicted molar refractivity (Wildman–Crippen MR) is 120 cm³/mol. The van der Waals surface area contributed by atoms with Crippen molar-refractivity contribution in [3.63, 3.8) is 0 Å². The molecule has 3 aromatic carbocycles. The van der Waals surface area contributed by atoms with E-state index in [1.807, 2.05) is 16.7 Å². The second-order valence-electron chi connectivity index (χ2n) is 7.75. The summed E-state index contributed by atoms with van der Waals surface area (Å²) >= 11 is 0. The molecule has 0 aliphatic carbocycles. The zero-order valence-corrected chi connectivity index (χ0v) is 17.7. The Labute approximate surface area is 180 Å². The number of aliphatic hydroxyl groups excluding tert-OH is 1. The first-order valence-electron chi connectivity index (χ1n) is 10.5. The minimum Gasteiger partial charge on any atom is -0.389 e. The van der Waals surface area contributed by atoms with Gasteiger partial charge < -0.3 is 9.67 Å². The van der Waals surface area contributed by atoms with Gasteiger partial charge in [-0.2, -0.15) is 0 Å². The number of hydrogen-bond donors (Lipinski definition) is 1. The van der Waals surface area contributed by atoms with Crippen LogP contribution in [0.3, 0.4) is 0 Å². The Bertz CT molecular complexity index is 1130. The van der Waals surface area contributed by atoms with Gasteiger partial charge in [0.25, 0.3) is 0 Å². The summed E-state index contributed by atoms with van der Waals surface area (Å²) in [5, 5.41) is 13.8. The number of aromatic nitrogens is 1. The maximum Gasteiger partial charge on any atom is 0.123 e. The lowest BCUT2D eigenvalue weighted by Gasteiger charge is -2.25. The van der Waals surface area contributed by atoms with Gasteiger partial charge in [-0.1, -0.05) is 25.5 Å². The van der Waals surface area contributed by atoms with Crippen molar-refractivity contribution in [2.24, 2.45) is 0 Å². The number of hydrogen-bond acceptors (Lipinski definition) is 3. The molecule has 0 bridgehead atoms. The monoisotopic (exact) mass is 424 g/mol. The summed E-state index contributed by atoms with van der Waals surface area (Å²) in [5.41, 5.74) is 3.60. The summed E-state index contributed by atoms with van der Waals surface area (Å²) in [6.45, 7) is 2.64. The fraction of sp³-hybridized carbons (Fsp3) is 0.280. The number of rotatable bonds is 8. The van der Waals surface area contributed by atoms with E-state index >= 15 is 0 Å². The Morgan fingerprint density at radius 1 is 0.935 bits per heavy atom. The number of fused-ring (bicyclic) bond motifs is 3. The minimum atomic E-state index is -0.774. The Balaban J connectivity index is 1.60. The van der Waals surface area contributed by atoms with Crippen molar-refractivity contribution in [3.8, 4) is 0 Å². The molecule has 6 heteroatoms. The molecule has 0 aliphatic rings. The molecule has 0 spiro atoms. The van der Waals surface area contributed by atoms with Crippen LogP contribution in [-0.2, 0) is 17.8 Å². The Morgan fingerprint density at radius 3 is 2.03 bits per heavy atom. The van der Waals surface area contributed by atoms with E-state index in [4.69, 9.17) is 4.84 Å². The highest BCUT2D eigenvalue weighted by Gasteiger charge is 2.18. The highest BCUT2D eigenvalue weighted by molar-refractivity contribution is 6.08. The molecule has 1 N–H and O–H groups in total. The van der Waals surface area contributed by atoms with Crippen molar-refractivity contribution < 1.29 is 18.7 Å². The Hall–Kier alpha value is -2.96. The summed E-state index contributed by atoms with van der Waals surface area (Å²) in [4.78, 5) is 5.50. The second-order valence-corrected chi connectivity index (χ2v) is 7.75. The van der Waals surface area contributed by atoms with Gasteiger partial charge in [0.05, 0.1) is 32.0 Å². The van der Waals surface area contributed by atoms with Gasteiger partial charge in [-0.15, -0.1) is 0 Å². The molecule has 1 atom stereocenters. The maximum absolute atomic E-state index is 13.8. The van der Waals surface area contributed by atoms with Crippen LogP contribution in [0, 0.1) is 11.6 Å². The van der Waals surface area contributed by atoms with Crippen LogP contribution in [0.4, 0.5) is 14.5 Å². The molecule has 1 aromatic heterocycles. The van der Waals surface area contributed by atoms with Crippen LogP contribution in [0.15, 0.2) is 60.7 Å². The average molecular weight is 424 g/mol. The predicted octanol–water partition coefficient (Wildman–Crippen LogP) is 5.45. The first-order valence-corrected chi connectivity index (χ1v) is 10.5. The summed E-state index contributed by atoms with van der Waals surface area (Å²) in [6.07, 6.45) is 1.33. The Morgan fingerprint density at radius 2 is 1.52 bits per heavy atom. The number of hydroxylamine groups is 1. The van der Waals surface area contributed by atoms with Crippen LogP contribution in [-0.4, -0.2) is 29.4 Å². The third-order valence-electron chi connectivity index (χ3n) is 5.54. The lowest BCUT2D eigenvalue weighted by Crippen LogP contribution is -2.34. The van der Waals surface area contributed by atoms with E-state index in [9.17, 15) is 13.9 Å². The van der Waals surface area contributed by atoms with Gasteiger partial charge in [0.2, 0.25) is 0 Å². The van der Waals surface area contributed by atoms with Gasteiger partial charge >= 0.3 is 0 Å². The quantitative estimate of drug-likeness (QED) is 0.382. The zero-order valence-electron chi connectivity index (χ0n) is 17.7. The van der Waals surface area contributed by atoms with Gasteiger partial charge in [-0.3, -0.25) is 9.90 Å². The van der Waals surface area contributed by atoms with Gasteiger partial charge in [-0.25, -0.2) is 8.78 Å². The van der Waals surface area contributed by atoms with E-state index in [1.54, 1.807) is 24.3 Å². The molecule has 0 amide bonds. The normalized spacial score (nSPS) is 12.5. The zero-order chi connectivity index (χ0) is 22.0. The van der Waals surface area contributed by atoms with Crippen molar-refractivity contribution in [2.75, 3.05) is 18.7 Å². The summed E-state index contributed by atoms with van der Waals surface area (Å²) in [7, 11) is 1.57. The third-order valence-corrected chi connectivity index (χ3v) is 5.54. The van der Waals surface area contributed by atoms with Gasteiger partial charge in [0.1, 0.15) is 11.6 Å². The second kappa shape index (κ2) is 9.04. The minimum absolute atomic E-state index is 0.243. The summed E-state index contributed by atoms with van der Waals surface area (Å²) in [5.74, 6) is -0.762. The van der Waals surface area contributed by atoms with Crippen LogP contribution in [0.25, 0.3) is 21.8 Å².